The van der Waals surface area contributed by atoms with Crippen molar-refractivity contribution in [2.45, 2.75) is 30.3 Å². The smallest absolute Gasteiger partial charge is 0.318 e. The molecule has 3 amide bonds. The number of rotatable bonds is 1. The number of fused-ring (bicyclic) bond motifs is 1. The first kappa shape index (κ1) is 15.1. The van der Waals surface area contributed by atoms with Crippen molar-refractivity contribution in [3.05, 3.63) is 29.6 Å². The fraction of sp³-hybridized carbons (Fsp3) is 0.467. The maximum absolute atomic E-state index is 13.9. The number of amides is 3. The summed E-state index contributed by atoms with van der Waals surface area (Å²) in [6.45, 7) is 2.65. The number of nitrogens with one attached hydrogen (secondary N) is 2. The van der Waals surface area contributed by atoms with Crippen LogP contribution in [0.1, 0.15) is 24.9 Å². The first-order chi connectivity index (χ1) is 10.6. The van der Waals surface area contributed by atoms with E-state index in [9.17, 15) is 14.0 Å². The van der Waals surface area contributed by atoms with E-state index in [2.05, 4.69) is 10.6 Å². The summed E-state index contributed by atoms with van der Waals surface area (Å²) in [4.78, 5) is 26.3. The van der Waals surface area contributed by atoms with E-state index in [1.54, 1.807) is 13.0 Å². The van der Waals surface area contributed by atoms with Crippen LogP contribution in [0.2, 0.25) is 0 Å². The Morgan fingerprint density at radius 2 is 2.32 bits per heavy atom. The summed E-state index contributed by atoms with van der Waals surface area (Å²) in [7, 11) is 0. The highest BCUT2D eigenvalue weighted by Gasteiger charge is 2.32. The van der Waals surface area contributed by atoms with Crippen molar-refractivity contribution in [1.29, 1.82) is 0 Å². The Morgan fingerprint density at radius 3 is 3.14 bits per heavy atom. The third-order valence-corrected chi connectivity index (χ3v) is 5.24. The highest BCUT2D eigenvalue weighted by Crippen LogP contribution is 2.37. The molecule has 3 rings (SSSR count). The SMILES string of the molecule is C[C@@H]1C(=O)NCCN1C(=O)N[C@H]1CCSc2c(F)cccc21. The van der Waals surface area contributed by atoms with Crippen LogP contribution in [0.15, 0.2) is 23.1 Å². The van der Waals surface area contributed by atoms with Crippen molar-refractivity contribution < 1.29 is 14.0 Å². The molecular formula is C15H18FN3O2S. The second kappa shape index (κ2) is 6.16. The molecule has 2 heterocycles. The lowest BCUT2D eigenvalue weighted by Crippen LogP contribution is -2.58. The van der Waals surface area contributed by atoms with Gasteiger partial charge in [0.2, 0.25) is 5.91 Å². The molecule has 2 aliphatic rings. The maximum Gasteiger partial charge on any atom is 0.318 e. The first-order valence-corrected chi connectivity index (χ1v) is 8.32. The molecule has 0 aromatic heterocycles. The number of piperazine rings is 1. The molecule has 0 unspecified atom stereocenters. The van der Waals surface area contributed by atoms with E-state index in [1.165, 1.54) is 22.7 Å². The molecule has 1 aromatic rings. The normalized spacial score (nSPS) is 24.5. The average Bonchev–Trinajstić information content (AvgIpc) is 2.51. The van der Waals surface area contributed by atoms with Gasteiger partial charge >= 0.3 is 6.03 Å². The zero-order valence-corrected chi connectivity index (χ0v) is 13.1. The van der Waals surface area contributed by atoms with E-state index >= 15 is 0 Å². The third kappa shape index (κ3) is 2.77. The zero-order chi connectivity index (χ0) is 15.7. The number of carbonyl (C=O) groups is 2. The molecular weight excluding hydrogens is 305 g/mol. The molecule has 5 nitrogen and oxygen atoms in total. The minimum absolute atomic E-state index is 0.146. The van der Waals surface area contributed by atoms with Gasteiger partial charge in [-0.3, -0.25) is 4.79 Å². The summed E-state index contributed by atoms with van der Waals surface area (Å²) >= 11 is 1.48. The van der Waals surface area contributed by atoms with Crippen LogP contribution in [-0.4, -0.2) is 41.7 Å². The molecule has 1 saturated heterocycles. The molecule has 0 bridgehead atoms. The maximum atomic E-state index is 13.9. The quantitative estimate of drug-likeness (QED) is 0.830. The van der Waals surface area contributed by atoms with E-state index in [0.717, 1.165) is 17.7 Å². The molecule has 1 fully saturated rings. The van der Waals surface area contributed by atoms with Gasteiger partial charge in [-0.15, -0.1) is 11.8 Å². The van der Waals surface area contributed by atoms with Crippen LogP contribution < -0.4 is 10.6 Å². The van der Waals surface area contributed by atoms with E-state index < -0.39 is 6.04 Å². The van der Waals surface area contributed by atoms with Gasteiger partial charge in [0.25, 0.3) is 0 Å². The zero-order valence-electron chi connectivity index (χ0n) is 12.3. The van der Waals surface area contributed by atoms with E-state index in [4.69, 9.17) is 0 Å². The van der Waals surface area contributed by atoms with Gasteiger partial charge in [0.05, 0.1) is 6.04 Å². The van der Waals surface area contributed by atoms with Gasteiger partial charge in [-0.1, -0.05) is 12.1 Å². The lowest BCUT2D eigenvalue weighted by Gasteiger charge is -2.35. The van der Waals surface area contributed by atoms with Crippen molar-refractivity contribution >= 4 is 23.7 Å². The van der Waals surface area contributed by atoms with Gasteiger partial charge in [-0.05, 0) is 25.0 Å². The van der Waals surface area contributed by atoms with Crippen LogP contribution >= 0.6 is 11.8 Å². The Bertz CT molecular complexity index is 610. The van der Waals surface area contributed by atoms with Crippen LogP contribution in [0.5, 0.6) is 0 Å². The number of carbonyl (C=O) groups excluding carboxylic acids is 2. The van der Waals surface area contributed by atoms with Crippen molar-refractivity contribution in [1.82, 2.24) is 15.5 Å². The Labute approximate surface area is 132 Å². The van der Waals surface area contributed by atoms with Crippen LogP contribution in [-0.2, 0) is 4.79 Å². The lowest BCUT2D eigenvalue weighted by molar-refractivity contribution is -0.126. The summed E-state index contributed by atoms with van der Waals surface area (Å²) in [5.41, 5.74) is 0.818. The topological polar surface area (TPSA) is 61.4 Å². The highest BCUT2D eigenvalue weighted by molar-refractivity contribution is 7.99. The fourth-order valence-corrected chi connectivity index (χ4v) is 3.97. The van der Waals surface area contributed by atoms with Crippen molar-refractivity contribution in [2.24, 2.45) is 0 Å². The van der Waals surface area contributed by atoms with E-state index in [1.807, 2.05) is 6.07 Å². The van der Waals surface area contributed by atoms with Crippen molar-refractivity contribution in [3.63, 3.8) is 0 Å². The number of hydrogen-bond acceptors (Lipinski definition) is 3. The average molecular weight is 323 g/mol. The van der Waals surface area contributed by atoms with Gasteiger partial charge in [-0.25, -0.2) is 9.18 Å². The Balaban J connectivity index is 1.76. The standard InChI is InChI=1S/C15H18FN3O2S/c1-9-14(20)17-6-7-19(9)15(21)18-12-5-8-22-13-10(12)3-2-4-11(13)16/h2-4,9,12H,5-8H2,1H3,(H,17,20)(H,18,21)/t9-,12+/m1/s1. The second-order valence-electron chi connectivity index (χ2n) is 5.46. The van der Waals surface area contributed by atoms with Gasteiger partial charge in [0, 0.05) is 23.7 Å². The lowest BCUT2D eigenvalue weighted by atomic mass is 10.0. The van der Waals surface area contributed by atoms with Crippen molar-refractivity contribution in [3.8, 4) is 0 Å². The van der Waals surface area contributed by atoms with Crippen molar-refractivity contribution in [2.75, 3.05) is 18.8 Å². The molecule has 1 aromatic carbocycles. The monoisotopic (exact) mass is 323 g/mol. The summed E-state index contributed by atoms with van der Waals surface area (Å²) in [5.74, 6) is 0.369. The summed E-state index contributed by atoms with van der Waals surface area (Å²) < 4.78 is 13.9. The van der Waals surface area contributed by atoms with E-state index in [-0.39, 0.29) is 23.8 Å². The molecule has 118 valence electrons. The number of nitrogens with zero attached hydrogens (tertiary/aromatic N) is 1. The van der Waals surface area contributed by atoms with E-state index in [0.29, 0.717) is 18.0 Å². The van der Waals surface area contributed by atoms with Gasteiger partial charge in [-0.2, -0.15) is 0 Å². The minimum Gasteiger partial charge on any atom is -0.353 e. The Hall–Kier alpha value is -1.76. The van der Waals surface area contributed by atoms with Crippen LogP contribution in [0, 0.1) is 5.82 Å². The van der Waals surface area contributed by atoms with Crippen LogP contribution in [0.4, 0.5) is 9.18 Å². The summed E-state index contributed by atoms with van der Waals surface area (Å²) in [6, 6.07) is 3.98. The molecule has 22 heavy (non-hydrogen) atoms. The first-order valence-electron chi connectivity index (χ1n) is 7.34. The third-order valence-electron chi connectivity index (χ3n) is 4.08. The Kier molecular flexibility index (Phi) is 4.24. The summed E-state index contributed by atoms with van der Waals surface area (Å²) in [6.07, 6.45) is 0.751. The molecule has 2 atom stereocenters. The highest BCUT2D eigenvalue weighted by atomic mass is 32.2. The van der Waals surface area contributed by atoms with Gasteiger partial charge in [0.15, 0.2) is 0 Å². The van der Waals surface area contributed by atoms with Crippen LogP contribution in [0.25, 0.3) is 0 Å². The number of hydrogen-bond donors (Lipinski definition) is 2. The molecule has 0 aliphatic carbocycles. The minimum atomic E-state index is -0.487. The number of halogens is 1. The second-order valence-corrected chi connectivity index (χ2v) is 6.56. The number of urea groups is 1. The Morgan fingerprint density at radius 1 is 1.50 bits per heavy atom. The molecule has 0 saturated carbocycles. The van der Waals surface area contributed by atoms with Gasteiger partial charge < -0.3 is 15.5 Å². The molecule has 2 aliphatic heterocycles. The molecule has 0 radical (unpaired) electrons. The van der Waals surface area contributed by atoms with Gasteiger partial charge in [0.1, 0.15) is 11.9 Å². The molecule has 2 N–H and O–H groups in total. The summed E-state index contributed by atoms with van der Waals surface area (Å²) in [5, 5.41) is 5.68. The predicted molar refractivity (Wildman–Crippen MR) is 82.2 cm³/mol. The fourth-order valence-electron chi connectivity index (χ4n) is 2.83. The van der Waals surface area contributed by atoms with Crippen LogP contribution in [0.3, 0.4) is 0 Å². The molecule has 7 heteroatoms. The number of benzene rings is 1. The molecule has 0 spiro atoms. The largest absolute Gasteiger partial charge is 0.353 e. The number of thioether (sulfide) groups is 1. The predicted octanol–water partition coefficient (Wildman–Crippen LogP) is 1.89.